The van der Waals surface area contributed by atoms with E-state index in [2.05, 4.69) is 89.0 Å². The van der Waals surface area contributed by atoms with E-state index in [-0.39, 0.29) is 11.5 Å². The second-order valence-electron chi connectivity index (χ2n) is 5.69. The van der Waals surface area contributed by atoms with E-state index in [0.29, 0.717) is 0 Å². The van der Waals surface area contributed by atoms with Crippen LogP contribution in [-0.2, 0) is 5.41 Å². The molecular formula is C17H19Br2N. The van der Waals surface area contributed by atoms with Crippen LogP contribution in [0.3, 0.4) is 0 Å². The van der Waals surface area contributed by atoms with Crippen molar-refractivity contribution in [2.45, 2.75) is 32.2 Å². The van der Waals surface area contributed by atoms with Gasteiger partial charge < -0.3 is 5.73 Å². The van der Waals surface area contributed by atoms with Crippen molar-refractivity contribution in [2.24, 2.45) is 5.73 Å². The van der Waals surface area contributed by atoms with Crippen molar-refractivity contribution in [1.82, 2.24) is 0 Å². The molecule has 1 unspecified atom stereocenters. The van der Waals surface area contributed by atoms with Gasteiger partial charge in [-0.2, -0.15) is 0 Å². The summed E-state index contributed by atoms with van der Waals surface area (Å²) in [4.78, 5) is 0. The molecule has 0 saturated carbocycles. The fraction of sp³-hybridized carbons (Fsp3) is 0.294. The molecule has 0 aliphatic rings. The molecule has 20 heavy (non-hydrogen) atoms. The molecule has 0 bridgehead atoms. The smallest absolute Gasteiger partial charge is 0.0399 e. The lowest BCUT2D eigenvalue weighted by molar-refractivity contribution is 0.419. The fourth-order valence-corrected chi connectivity index (χ4v) is 3.40. The van der Waals surface area contributed by atoms with E-state index in [4.69, 9.17) is 5.73 Å². The first-order chi connectivity index (χ1) is 9.34. The largest absolute Gasteiger partial charge is 0.323 e. The van der Waals surface area contributed by atoms with E-state index >= 15 is 0 Å². The summed E-state index contributed by atoms with van der Waals surface area (Å²) in [6.45, 7) is 6.45. The van der Waals surface area contributed by atoms with Crippen LogP contribution < -0.4 is 5.73 Å². The molecule has 0 aliphatic carbocycles. The lowest BCUT2D eigenvalue weighted by Crippen LogP contribution is -2.33. The van der Waals surface area contributed by atoms with Crippen LogP contribution in [0, 0.1) is 6.92 Å². The zero-order valence-electron chi connectivity index (χ0n) is 12.0. The highest BCUT2D eigenvalue weighted by atomic mass is 79.9. The van der Waals surface area contributed by atoms with Crippen LogP contribution >= 0.6 is 31.9 Å². The average Bonchev–Trinajstić information content (AvgIpc) is 2.43. The molecule has 2 rings (SSSR count). The Morgan fingerprint density at radius 3 is 2.20 bits per heavy atom. The Morgan fingerprint density at radius 2 is 1.60 bits per heavy atom. The van der Waals surface area contributed by atoms with Crippen LogP contribution in [0.2, 0.25) is 0 Å². The van der Waals surface area contributed by atoms with E-state index in [1.165, 1.54) is 11.1 Å². The predicted octanol–water partition coefficient (Wildman–Crippen LogP) is 5.50. The molecule has 3 heteroatoms. The Morgan fingerprint density at radius 1 is 1.00 bits per heavy atom. The molecule has 0 fully saturated rings. The van der Waals surface area contributed by atoms with Crippen LogP contribution in [0.4, 0.5) is 0 Å². The summed E-state index contributed by atoms with van der Waals surface area (Å²) >= 11 is 7.24. The lowest BCUT2D eigenvalue weighted by Gasteiger charge is -2.33. The highest BCUT2D eigenvalue weighted by molar-refractivity contribution is 9.11. The van der Waals surface area contributed by atoms with Gasteiger partial charge in [-0.05, 0) is 35.7 Å². The zero-order valence-corrected chi connectivity index (χ0v) is 15.1. The quantitative estimate of drug-likeness (QED) is 0.728. The number of hydrogen-bond acceptors (Lipinski definition) is 1. The van der Waals surface area contributed by atoms with Crippen molar-refractivity contribution in [3.05, 3.63) is 68.1 Å². The monoisotopic (exact) mass is 395 g/mol. The molecule has 0 radical (unpaired) electrons. The molecule has 0 aromatic heterocycles. The number of hydrogen-bond donors (Lipinski definition) is 1. The number of nitrogens with two attached hydrogens (primary N) is 1. The van der Waals surface area contributed by atoms with Gasteiger partial charge in [-0.15, -0.1) is 0 Å². The van der Waals surface area contributed by atoms with Crippen LogP contribution in [0.25, 0.3) is 0 Å². The molecule has 0 saturated heterocycles. The Kier molecular flexibility index (Phi) is 4.73. The third kappa shape index (κ3) is 3.00. The topological polar surface area (TPSA) is 26.0 Å². The van der Waals surface area contributed by atoms with Crippen molar-refractivity contribution in [2.75, 3.05) is 0 Å². The van der Waals surface area contributed by atoms with E-state index in [0.717, 1.165) is 14.5 Å². The molecule has 0 aliphatic heterocycles. The molecule has 0 amide bonds. The second kappa shape index (κ2) is 6.00. The van der Waals surface area contributed by atoms with E-state index in [1.54, 1.807) is 0 Å². The van der Waals surface area contributed by atoms with E-state index in [1.807, 2.05) is 6.07 Å². The van der Waals surface area contributed by atoms with Gasteiger partial charge in [-0.1, -0.05) is 76.0 Å². The number of benzene rings is 2. The van der Waals surface area contributed by atoms with Crippen molar-refractivity contribution >= 4 is 31.9 Å². The van der Waals surface area contributed by atoms with Crippen LogP contribution in [-0.4, -0.2) is 0 Å². The van der Waals surface area contributed by atoms with Crippen LogP contribution in [0.15, 0.2) is 51.4 Å². The first-order valence-corrected chi connectivity index (χ1v) is 8.19. The Hall–Kier alpha value is -0.640. The first-order valence-electron chi connectivity index (χ1n) is 6.60. The second-order valence-corrected chi connectivity index (χ2v) is 7.40. The van der Waals surface area contributed by atoms with E-state index in [9.17, 15) is 0 Å². The van der Waals surface area contributed by atoms with Gasteiger partial charge in [0.15, 0.2) is 0 Å². The Labute approximate surface area is 137 Å². The third-order valence-corrected chi connectivity index (χ3v) is 5.45. The standard InChI is InChI=1S/C17H19Br2N/c1-11-9-15(19)13(10-14(11)18)16(20)17(2,3)12-7-5-4-6-8-12/h4-10,16H,20H2,1-3H3. The van der Waals surface area contributed by atoms with Gasteiger partial charge >= 0.3 is 0 Å². The SMILES string of the molecule is Cc1cc(Br)c(C(N)C(C)(C)c2ccccc2)cc1Br. The highest BCUT2D eigenvalue weighted by Crippen LogP contribution is 2.39. The van der Waals surface area contributed by atoms with Gasteiger partial charge in [0.2, 0.25) is 0 Å². The zero-order chi connectivity index (χ0) is 14.9. The molecular weight excluding hydrogens is 378 g/mol. The predicted molar refractivity (Wildman–Crippen MR) is 93.0 cm³/mol. The molecule has 1 nitrogen and oxygen atoms in total. The maximum absolute atomic E-state index is 6.57. The normalized spacial score (nSPS) is 13.3. The lowest BCUT2D eigenvalue weighted by atomic mass is 9.75. The average molecular weight is 397 g/mol. The summed E-state index contributed by atoms with van der Waals surface area (Å²) in [5.41, 5.74) is 10.0. The minimum atomic E-state index is -0.140. The summed E-state index contributed by atoms with van der Waals surface area (Å²) in [6, 6.07) is 14.6. The molecule has 2 aromatic rings. The van der Waals surface area contributed by atoms with Crippen molar-refractivity contribution < 1.29 is 0 Å². The summed E-state index contributed by atoms with van der Waals surface area (Å²) in [7, 11) is 0. The summed E-state index contributed by atoms with van der Waals surface area (Å²) in [5, 5.41) is 0. The van der Waals surface area contributed by atoms with Crippen LogP contribution in [0.5, 0.6) is 0 Å². The molecule has 2 N–H and O–H groups in total. The molecule has 106 valence electrons. The Balaban J connectivity index is 2.45. The van der Waals surface area contributed by atoms with Gasteiger partial charge in [0.25, 0.3) is 0 Å². The Bertz CT molecular complexity index is 606. The van der Waals surface area contributed by atoms with E-state index < -0.39 is 0 Å². The summed E-state index contributed by atoms with van der Waals surface area (Å²) in [5.74, 6) is 0. The van der Waals surface area contributed by atoms with Crippen LogP contribution in [0.1, 0.15) is 36.6 Å². The van der Waals surface area contributed by atoms with Gasteiger partial charge in [0.05, 0.1) is 0 Å². The number of rotatable bonds is 3. The fourth-order valence-electron chi connectivity index (χ4n) is 2.34. The maximum Gasteiger partial charge on any atom is 0.0399 e. The number of aryl methyl sites for hydroxylation is 1. The van der Waals surface area contributed by atoms with Gasteiger partial charge in [0, 0.05) is 20.4 Å². The van der Waals surface area contributed by atoms with Crippen molar-refractivity contribution in [1.29, 1.82) is 0 Å². The van der Waals surface area contributed by atoms with Gasteiger partial charge in [-0.25, -0.2) is 0 Å². The number of halogens is 2. The maximum atomic E-state index is 6.57. The summed E-state index contributed by atoms with van der Waals surface area (Å²) in [6.07, 6.45) is 0. The first kappa shape index (κ1) is 15.7. The van der Waals surface area contributed by atoms with Gasteiger partial charge in [0.1, 0.15) is 0 Å². The van der Waals surface area contributed by atoms with Crippen molar-refractivity contribution in [3.8, 4) is 0 Å². The minimum Gasteiger partial charge on any atom is -0.323 e. The molecule has 0 spiro atoms. The minimum absolute atomic E-state index is 0.0869. The third-order valence-electron chi connectivity index (χ3n) is 3.91. The van der Waals surface area contributed by atoms with Crippen molar-refractivity contribution in [3.63, 3.8) is 0 Å². The van der Waals surface area contributed by atoms with Gasteiger partial charge in [-0.3, -0.25) is 0 Å². The molecule has 0 heterocycles. The highest BCUT2D eigenvalue weighted by Gasteiger charge is 2.31. The summed E-state index contributed by atoms with van der Waals surface area (Å²) < 4.78 is 2.16. The molecule has 1 atom stereocenters. The molecule has 2 aromatic carbocycles.